The fourth-order valence-electron chi connectivity index (χ4n) is 3.44. The van der Waals surface area contributed by atoms with Crippen molar-refractivity contribution in [2.24, 2.45) is 0 Å². The Kier molecular flexibility index (Phi) is 7.08. The number of esters is 1. The summed E-state index contributed by atoms with van der Waals surface area (Å²) in [6.45, 7) is 2.25. The summed E-state index contributed by atoms with van der Waals surface area (Å²) in [6, 6.07) is 20.3. The van der Waals surface area contributed by atoms with Crippen LogP contribution in [0.3, 0.4) is 0 Å². The van der Waals surface area contributed by atoms with E-state index in [4.69, 9.17) is 32.7 Å². The highest BCUT2D eigenvalue weighted by Crippen LogP contribution is 2.36. The largest absolute Gasteiger partial charge is 0.488 e. The molecule has 2 aromatic heterocycles. The predicted molar refractivity (Wildman–Crippen MR) is 134 cm³/mol. The molecule has 0 spiro atoms. The lowest BCUT2D eigenvalue weighted by molar-refractivity contribution is 0.0594. The standard InChI is InChI=1S/C25H19BrCl2N2O3/c1-15-6-10-22(30(15)24-5-3-4-21(29-24)25(31)32-2)19-12-17(26)8-11-23(19)33-14-16-7-9-18(27)13-20(16)28/h3-13H,14H2,1-2H3. The van der Waals surface area contributed by atoms with Crippen molar-refractivity contribution in [1.82, 2.24) is 9.55 Å². The van der Waals surface area contributed by atoms with Crippen LogP contribution in [0.25, 0.3) is 17.1 Å². The van der Waals surface area contributed by atoms with Gasteiger partial charge in [-0.2, -0.15) is 0 Å². The topological polar surface area (TPSA) is 53.4 Å². The molecule has 0 unspecified atom stereocenters. The van der Waals surface area contributed by atoms with Gasteiger partial charge in [0, 0.05) is 31.3 Å². The number of hydrogen-bond donors (Lipinski definition) is 0. The first kappa shape index (κ1) is 23.4. The Balaban J connectivity index is 1.75. The Labute approximate surface area is 210 Å². The SMILES string of the molecule is COC(=O)c1cccc(-n2c(C)ccc2-c2cc(Br)ccc2OCc2ccc(Cl)cc2Cl)n1. The second-order valence-electron chi connectivity index (χ2n) is 7.23. The molecule has 0 amide bonds. The zero-order valence-corrected chi connectivity index (χ0v) is 20.9. The van der Waals surface area contributed by atoms with Gasteiger partial charge >= 0.3 is 5.97 Å². The van der Waals surface area contributed by atoms with Gasteiger partial charge < -0.3 is 9.47 Å². The molecule has 0 N–H and O–H groups in total. The van der Waals surface area contributed by atoms with Crippen molar-refractivity contribution >= 4 is 45.1 Å². The van der Waals surface area contributed by atoms with Crippen molar-refractivity contribution in [2.45, 2.75) is 13.5 Å². The third-order valence-electron chi connectivity index (χ3n) is 5.05. The minimum absolute atomic E-state index is 0.233. The second kappa shape index (κ2) is 10.00. The highest BCUT2D eigenvalue weighted by molar-refractivity contribution is 9.10. The molecule has 0 aliphatic carbocycles. The lowest BCUT2D eigenvalue weighted by atomic mass is 10.1. The molecule has 4 rings (SSSR count). The van der Waals surface area contributed by atoms with Crippen LogP contribution in [0.15, 0.2) is 71.2 Å². The molecule has 0 radical (unpaired) electrons. The van der Waals surface area contributed by atoms with Crippen molar-refractivity contribution in [3.05, 3.63) is 98.2 Å². The van der Waals surface area contributed by atoms with Crippen molar-refractivity contribution in [3.8, 4) is 22.8 Å². The van der Waals surface area contributed by atoms with Gasteiger partial charge in [-0.1, -0.05) is 51.3 Å². The van der Waals surface area contributed by atoms with Crippen molar-refractivity contribution < 1.29 is 14.3 Å². The number of pyridine rings is 1. The zero-order valence-electron chi connectivity index (χ0n) is 17.8. The fourth-order valence-corrected chi connectivity index (χ4v) is 4.27. The first-order valence-corrected chi connectivity index (χ1v) is 11.5. The summed E-state index contributed by atoms with van der Waals surface area (Å²) in [5, 5.41) is 1.12. The number of methoxy groups -OCH3 is 1. The molecule has 33 heavy (non-hydrogen) atoms. The van der Waals surface area contributed by atoms with Crippen LogP contribution in [-0.4, -0.2) is 22.6 Å². The summed E-state index contributed by atoms with van der Waals surface area (Å²) >= 11 is 15.9. The van der Waals surface area contributed by atoms with Crippen LogP contribution < -0.4 is 4.74 Å². The third kappa shape index (κ3) is 5.08. The van der Waals surface area contributed by atoms with E-state index >= 15 is 0 Å². The summed E-state index contributed by atoms with van der Waals surface area (Å²) < 4.78 is 13.9. The number of benzene rings is 2. The van der Waals surface area contributed by atoms with E-state index in [0.29, 0.717) is 21.6 Å². The fraction of sp³-hybridized carbons (Fsp3) is 0.120. The molecule has 4 aromatic rings. The summed E-state index contributed by atoms with van der Waals surface area (Å²) in [4.78, 5) is 16.5. The van der Waals surface area contributed by atoms with Gasteiger partial charge in [-0.25, -0.2) is 9.78 Å². The van der Waals surface area contributed by atoms with E-state index in [1.807, 2.05) is 54.0 Å². The molecule has 0 saturated carbocycles. The number of carbonyl (C=O) groups is 1. The van der Waals surface area contributed by atoms with Crippen LogP contribution in [0.2, 0.25) is 10.0 Å². The van der Waals surface area contributed by atoms with Crippen LogP contribution in [0, 0.1) is 6.92 Å². The molecule has 0 saturated heterocycles. The van der Waals surface area contributed by atoms with Gasteiger partial charge in [-0.05, 0) is 61.5 Å². The molecule has 168 valence electrons. The van der Waals surface area contributed by atoms with Gasteiger partial charge in [0.05, 0.1) is 12.8 Å². The normalized spacial score (nSPS) is 10.8. The number of aromatic nitrogens is 2. The number of carbonyl (C=O) groups excluding carboxylic acids is 1. The maximum Gasteiger partial charge on any atom is 0.356 e. The van der Waals surface area contributed by atoms with Crippen LogP contribution in [-0.2, 0) is 11.3 Å². The van der Waals surface area contributed by atoms with Gasteiger partial charge in [-0.15, -0.1) is 0 Å². The molecule has 0 aliphatic heterocycles. The van der Waals surface area contributed by atoms with Crippen molar-refractivity contribution in [2.75, 3.05) is 7.11 Å². The molecule has 0 atom stereocenters. The van der Waals surface area contributed by atoms with Crippen LogP contribution in [0.4, 0.5) is 0 Å². The molecule has 2 heterocycles. The van der Waals surface area contributed by atoms with Gasteiger partial charge in [0.1, 0.15) is 18.2 Å². The van der Waals surface area contributed by atoms with E-state index < -0.39 is 5.97 Å². The summed E-state index contributed by atoms with van der Waals surface area (Å²) in [5.41, 5.74) is 3.73. The van der Waals surface area contributed by atoms with Gasteiger partial charge in [0.15, 0.2) is 5.69 Å². The maximum absolute atomic E-state index is 12.0. The molecular weight excluding hydrogens is 527 g/mol. The van der Waals surface area contributed by atoms with E-state index in [9.17, 15) is 4.79 Å². The Bertz CT molecular complexity index is 1340. The molecule has 2 aromatic carbocycles. The molecule has 0 aliphatic rings. The first-order chi connectivity index (χ1) is 15.9. The van der Waals surface area contributed by atoms with Crippen LogP contribution in [0.5, 0.6) is 5.75 Å². The number of halogens is 3. The number of rotatable bonds is 6. The molecule has 5 nitrogen and oxygen atoms in total. The zero-order chi connectivity index (χ0) is 23.5. The average molecular weight is 546 g/mol. The second-order valence-corrected chi connectivity index (χ2v) is 8.99. The Morgan fingerprint density at radius 2 is 1.88 bits per heavy atom. The Morgan fingerprint density at radius 3 is 2.64 bits per heavy atom. The van der Waals surface area contributed by atoms with E-state index in [0.717, 1.165) is 27.0 Å². The minimum Gasteiger partial charge on any atom is -0.488 e. The monoisotopic (exact) mass is 544 g/mol. The Morgan fingerprint density at radius 1 is 1.06 bits per heavy atom. The molecule has 0 bridgehead atoms. The first-order valence-electron chi connectivity index (χ1n) is 9.98. The summed E-state index contributed by atoms with van der Waals surface area (Å²) in [6.07, 6.45) is 0. The summed E-state index contributed by atoms with van der Waals surface area (Å²) in [7, 11) is 1.33. The number of ether oxygens (including phenoxy) is 2. The van der Waals surface area contributed by atoms with Crippen LogP contribution in [0.1, 0.15) is 21.7 Å². The number of nitrogens with zero attached hydrogens (tertiary/aromatic N) is 2. The molecule has 8 heteroatoms. The van der Waals surface area contributed by atoms with E-state index in [1.165, 1.54) is 7.11 Å². The maximum atomic E-state index is 12.0. The molecular formula is C25H19BrCl2N2O3. The lowest BCUT2D eigenvalue weighted by Crippen LogP contribution is -2.09. The lowest BCUT2D eigenvalue weighted by Gasteiger charge is -2.16. The minimum atomic E-state index is -0.491. The molecule has 0 fully saturated rings. The van der Waals surface area contributed by atoms with E-state index in [-0.39, 0.29) is 12.3 Å². The van der Waals surface area contributed by atoms with Crippen molar-refractivity contribution in [1.29, 1.82) is 0 Å². The number of hydrogen-bond acceptors (Lipinski definition) is 4. The van der Waals surface area contributed by atoms with Gasteiger partial charge in [0.2, 0.25) is 0 Å². The van der Waals surface area contributed by atoms with E-state index in [1.54, 1.807) is 24.3 Å². The predicted octanol–water partition coefficient (Wildman–Crippen LogP) is 7.28. The van der Waals surface area contributed by atoms with E-state index in [2.05, 4.69) is 20.9 Å². The highest BCUT2D eigenvalue weighted by atomic mass is 79.9. The highest BCUT2D eigenvalue weighted by Gasteiger charge is 2.17. The average Bonchev–Trinajstić information content (AvgIpc) is 3.19. The Hall–Kier alpha value is -2.80. The smallest absolute Gasteiger partial charge is 0.356 e. The third-order valence-corrected chi connectivity index (χ3v) is 6.13. The van der Waals surface area contributed by atoms with Crippen molar-refractivity contribution in [3.63, 3.8) is 0 Å². The van der Waals surface area contributed by atoms with Gasteiger partial charge in [-0.3, -0.25) is 4.57 Å². The number of aryl methyl sites for hydroxylation is 1. The quantitative estimate of drug-likeness (QED) is 0.239. The summed E-state index contributed by atoms with van der Waals surface area (Å²) in [5.74, 6) is 0.782. The van der Waals surface area contributed by atoms with Crippen LogP contribution >= 0.6 is 39.1 Å². The van der Waals surface area contributed by atoms with Gasteiger partial charge in [0.25, 0.3) is 0 Å².